The van der Waals surface area contributed by atoms with Crippen LogP contribution in [0.15, 0.2) is 53.4 Å². The van der Waals surface area contributed by atoms with Gasteiger partial charge in [-0.3, -0.25) is 4.55 Å². The summed E-state index contributed by atoms with van der Waals surface area (Å²) in [5.74, 6) is 1.78. The van der Waals surface area contributed by atoms with Gasteiger partial charge in [-0.25, -0.2) is 0 Å². The zero-order valence-corrected chi connectivity index (χ0v) is 19.5. The molecular weight excluding hydrogens is 410 g/mol. The van der Waals surface area contributed by atoms with Gasteiger partial charge in [0, 0.05) is 6.04 Å². The molecule has 2 aliphatic rings. The van der Waals surface area contributed by atoms with Gasteiger partial charge in [-0.15, -0.1) is 0 Å². The Morgan fingerprint density at radius 1 is 0.903 bits per heavy atom. The molecule has 1 N–H and O–H groups in total. The number of rotatable bonds is 4. The van der Waals surface area contributed by atoms with E-state index in [2.05, 4.69) is 29.2 Å². The maximum absolute atomic E-state index is 10.5. The van der Waals surface area contributed by atoms with Crippen molar-refractivity contribution in [1.82, 2.24) is 4.90 Å². The van der Waals surface area contributed by atoms with Crippen LogP contribution in [0.2, 0.25) is 0 Å². The van der Waals surface area contributed by atoms with Gasteiger partial charge in [0.1, 0.15) is 5.75 Å². The summed E-state index contributed by atoms with van der Waals surface area (Å²) in [5.41, 5.74) is 2.38. The van der Waals surface area contributed by atoms with E-state index in [1.807, 2.05) is 6.92 Å². The molecule has 1 heterocycles. The molecule has 1 saturated heterocycles. The highest BCUT2D eigenvalue weighted by atomic mass is 32.2. The number of ether oxygens (including phenoxy) is 1. The van der Waals surface area contributed by atoms with Crippen LogP contribution in [0.1, 0.15) is 62.0 Å². The monoisotopic (exact) mass is 445 g/mol. The molecule has 0 spiro atoms. The quantitative estimate of drug-likeness (QED) is 0.634. The lowest BCUT2D eigenvalue weighted by Crippen LogP contribution is -2.41. The number of hydrogen-bond donors (Lipinski definition) is 1. The van der Waals surface area contributed by atoms with Crippen LogP contribution in [-0.2, 0) is 10.1 Å². The van der Waals surface area contributed by atoms with Crippen molar-refractivity contribution in [3.05, 3.63) is 59.7 Å². The number of benzene rings is 2. The van der Waals surface area contributed by atoms with Crippen LogP contribution >= 0.6 is 0 Å². The van der Waals surface area contributed by atoms with Crippen molar-refractivity contribution in [2.75, 3.05) is 20.2 Å². The SMILES string of the molecule is COc1ccccc1C1CCC(N2CCCCC2)CC1.Cc1ccc(S(=O)(=O)O)cc1. The van der Waals surface area contributed by atoms with Gasteiger partial charge in [0.05, 0.1) is 12.0 Å². The molecule has 1 aliphatic heterocycles. The zero-order chi connectivity index (χ0) is 22.3. The van der Waals surface area contributed by atoms with Gasteiger partial charge in [-0.05, 0) is 88.2 Å². The molecule has 31 heavy (non-hydrogen) atoms. The maximum atomic E-state index is 10.5. The largest absolute Gasteiger partial charge is 0.496 e. The van der Waals surface area contributed by atoms with E-state index in [-0.39, 0.29) is 4.90 Å². The van der Waals surface area contributed by atoms with E-state index in [0.29, 0.717) is 5.92 Å². The van der Waals surface area contributed by atoms with E-state index in [1.165, 1.54) is 75.7 Å². The summed E-state index contributed by atoms with van der Waals surface area (Å²) in [5, 5.41) is 0. The minimum atomic E-state index is -4.02. The normalized spacial score (nSPS) is 22.3. The smallest absolute Gasteiger partial charge is 0.294 e. The molecule has 0 bridgehead atoms. The molecule has 2 aromatic rings. The summed E-state index contributed by atoms with van der Waals surface area (Å²) >= 11 is 0. The molecule has 0 atom stereocenters. The van der Waals surface area contributed by atoms with Crippen molar-refractivity contribution in [1.29, 1.82) is 0 Å². The minimum Gasteiger partial charge on any atom is -0.496 e. The second-order valence-electron chi connectivity index (χ2n) is 8.63. The molecule has 0 radical (unpaired) electrons. The van der Waals surface area contributed by atoms with Gasteiger partial charge < -0.3 is 9.64 Å². The van der Waals surface area contributed by atoms with Crippen molar-refractivity contribution in [2.24, 2.45) is 0 Å². The third-order valence-corrected chi connectivity index (χ3v) is 7.37. The molecule has 0 unspecified atom stereocenters. The maximum Gasteiger partial charge on any atom is 0.294 e. The molecule has 2 fully saturated rings. The number of methoxy groups -OCH3 is 1. The van der Waals surface area contributed by atoms with Crippen molar-refractivity contribution in [2.45, 2.75) is 68.7 Å². The lowest BCUT2D eigenvalue weighted by Gasteiger charge is -2.39. The number of hydrogen-bond acceptors (Lipinski definition) is 4. The predicted molar refractivity (Wildman–Crippen MR) is 124 cm³/mol. The molecule has 5 nitrogen and oxygen atoms in total. The molecular formula is C25H35NO4S. The molecule has 0 aromatic heterocycles. The first kappa shape index (κ1) is 23.8. The Labute approximate surface area is 187 Å². The topological polar surface area (TPSA) is 66.8 Å². The summed E-state index contributed by atoms with van der Waals surface area (Å²) < 4.78 is 35.1. The van der Waals surface area contributed by atoms with Crippen LogP contribution in [0.25, 0.3) is 0 Å². The van der Waals surface area contributed by atoms with Crippen molar-refractivity contribution in [3.8, 4) is 5.75 Å². The van der Waals surface area contributed by atoms with Gasteiger partial charge in [0.25, 0.3) is 10.1 Å². The van der Waals surface area contributed by atoms with Crippen molar-refractivity contribution < 1.29 is 17.7 Å². The molecule has 1 saturated carbocycles. The average molecular weight is 446 g/mol. The summed E-state index contributed by atoms with van der Waals surface area (Å²) in [6.07, 6.45) is 9.63. The van der Waals surface area contributed by atoms with Gasteiger partial charge in [0.2, 0.25) is 0 Å². The first-order chi connectivity index (χ1) is 14.9. The Hall–Kier alpha value is -1.89. The third-order valence-electron chi connectivity index (χ3n) is 6.50. The summed E-state index contributed by atoms with van der Waals surface area (Å²) in [4.78, 5) is 2.69. The van der Waals surface area contributed by atoms with Crippen LogP contribution < -0.4 is 4.74 Å². The number of aryl methyl sites for hydroxylation is 1. The fourth-order valence-corrected chi connectivity index (χ4v) is 5.23. The van der Waals surface area contributed by atoms with Gasteiger partial charge in [-0.2, -0.15) is 8.42 Å². The fraction of sp³-hybridized carbons (Fsp3) is 0.520. The van der Waals surface area contributed by atoms with E-state index < -0.39 is 10.1 Å². The minimum absolute atomic E-state index is 0.0666. The van der Waals surface area contributed by atoms with Gasteiger partial charge in [0.15, 0.2) is 0 Å². The first-order valence-corrected chi connectivity index (χ1v) is 12.7. The molecule has 6 heteroatoms. The number of para-hydroxylation sites is 1. The Bertz CT molecular complexity index is 913. The zero-order valence-electron chi connectivity index (χ0n) is 18.7. The molecule has 2 aromatic carbocycles. The summed E-state index contributed by atoms with van der Waals surface area (Å²) in [7, 11) is -2.23. The van der Waals surface area contributed by atoms with Crippen LogP contribution in [0.5, 0.6) is 5.75 Å². The Balaban J connectivity index is 0.000000210. The number of likely N-dealkylation sites (tertiary alicyclic amines) is 1. The summed E-state index contributed by atoms with van der Waals surface area (Å²) in [6, 6.07) is 15.4. The average Bonchev–Trinajstić information content (AvgIpc) is 2.80. The van der Waals surface area contributed by atoms with E-state index in [0.717, 1.165) is 17.4 Å². The lowest BCUT2D eigenvalue weighted by molar-refractivity contribution is 0.125. The van der Waals surface area contributed by atoms with E-state index >= 15 is 0 Å². The Morgan fingerprint density at radius 2 is 1.52 bits per heavy atom. The van der Waals surface area contributed by atoms with E-state index in [9.17, 15) is 8.42 Å². The highest BCUT2D eigenvalue weighted by molar-refractivity contribution is 7.85. The van der Waals surface area contributed by atoms with Crippen LogP contribution in [0.3, 0.4) is 0 Å². The highest BCUT2D eigenvalue weighted by Gasteiger charge is 2.28. The summed E-state index contributed by atoms with van der Waals surface area (Å²) in [6.45, 7) is 4.52. The van der Waals surface area contributed by atoms with Gasteiger partial charge in [-0.1, -0.05) is 42.3 Å². The fourth-order valence-electron chi connectivity index (χ4n) is 4.75. The predicted octanol–water partition coefficient (Wildman–Crippen LogP) is 5.45. The number of piperidine rings is 1. The van der Waals surface area contributed by atoms with E-state index in [1.54, 1.807) is 19.2 Å². The standard InChI is InChI=1S/C18H27NO.C7H8O3S/c1-20-18-8-4-3-7-17(18)15-9-11-16(12-10-15)19-13-5-2-6-14-19;1-6-2-4-7(5-3-6)11(8,9)10/h3-4,7-8,15-16H,2,5-6,9-14H2,1H3;2-5H,1H3,(H,8,9,10). The van der Waals surface area contributed by atoms with Crippen LogP contribution in [0.4, 0.5) is 0 Å². The van der Waals surface area contributed by atoms with Crippen LogP contribution in [0, 0.1) is 6.92 Å². The Morgan fingerprint density at radius 3 is 2.10 bits per heavy atom. The number of nitrogens with zero attached hydrogens (tertiary/aromatic N) is 1. The molecule has 1 aliphatic carbocycles. The first-order valence-electron chi connectivity index (χ1n) is 11.3. The Kier molecular flexibility index (Phi) is 8.52. The molecule has 4 rings (SSSR count). The lowest BCUT2D eigenvalue weighted by atomic mass is 9.80. The van der Waals surface area contributed by atoms with Gasteiger partial charge >= 0.3 is 0 Å². The second-order valence-corrected chi connectivity index (χ2v) is 10.1. The second kappa shape index (κ2) is 11.1. The molecule has 170 valence electrons. The van der Waals surface area contributed by atoms with E-state index in [4.69, 9.17) is 9.29 Å². The van der Waals surface area contributed by atoms with Crippen LogP contribution in [-0.4, -0.2) is 44.1 Å². The highest BCUT2D eigenvalue weighted by Crippen LogP contribution is 2.39. The van der Waals surface area contributed by atoms with Crippen molar-refractivity contribution in [3.63, 3.8) is 0 Å². The van der Waals surface area contributed by atoms with Crippen molar-refractivity contribution >= 4 is 10.1 Å². The third kappa shape index (κ3) is 6.79. The molecule has 0 amide bonds.